The van der Waals surface area contributed by atoms with Crippen molar-refractivity contribution in [2.75, 3.05) is 7.11 Å². The van der Waals surface area contributed by atoms with Gasteiger partial charge in [-0.05, 0) is 32.4 Å². The molecular weight excluding hydrogens is 222 g/mol. The van der Waals surface area contributed by atoms with E-state index in [0.29, 0.717) is 6.54 Å². The lowest BCUT2D eigenvalue weighted by Crippen LogP contribution is -2.46. The molecule has 1 heterocycles. The van der Waals surface area contributed by atoms with E-state index in [1.165, 1.54) is 16.9 Å². The van der Waals surface area contributed by atoms with Crippen LogP contribution in [0.1, 0.15) is 30.5 Å². The van der Waals surface area contributed by atoms with Gasteiger partial charge in [-0.2, -0.15) is 0 Å². The van der Waals surface area contributed by atoms with E-state index < -0.39 is 5.54 Å². The third-order valence-corrected chi connectivity index (χ3v) is 3.70. The Morgan fingerprint density at radius 1 is 1.44 bits per heavy atom. The van der Waals surface area contributed by atoms with Crippen molar-refractivity contribution in [3.8, 4) is 0 Å². The van der Waals surface area contributed by atoms with Crippen molar-refractivity contribution in [2.45, 2.75) is 39.3 Å². The minimum absolute atomic E-state index is 0.236. The first-order chi connectivity index (χ1) is 7.49. The summed E-state index contributed by atoms with van der Waals surface area (Å²) in [4.78, 5) is 14.0. The van der Waals surface area contributed by atoms with Crippen molar-refractivity contribution in [3.05, 3.63) is 21.9 Å². The zero-order chi connectivity index (χ0) is 12.2. The van der Waals surface area contributed by atoms with Crippen LogP contribution in [0.2, 0.25) is 0 Å². The highest BCUT2D eigenvalue weighted by Gasteiger charge is 2.27. The number of ether oxygens (including phenoxy) is 1. The third-order valence-electron chi connectivity index (χ3n) is 2.47. The van der Waals surface area contributed by atoms with Gasteiger partial charge in [-0.15, -0.1) is 11.3 Å². The number of aryl methyl sites for hydroxylation is 1. The largest absolute Gasteiger partial charge is 0.468 e. The van der Waals surface area contributed by atoms with Crippen LogP contribution in [0.4, 0.5) is 0 Å². The lowest BCUT2D eigenvalue weighted by Gasteiger charge is -2.22. The summed E-state index contributed by atoms with van der Waals surface area (Å²) < 4.78 is 4.73. The predicted octanol–water partition coefficient (Wildman–Crippen LogP) is 2.35. The number of carbonyl (C=O) groups is 1. The molecule has 1 aromatic heterocycles. The van der Waals surface area contributed by atoms with E-state index in [0.717, 1.165) is 6.42 Å². The summed E-state index contributed by atoms with van der Waals surface area (Å²) in [6, 6.07) is 4.23. The van der Waals surface area contributed by atoms with Gasteiger partial charge in [0.2, 0.25) is 0 Å². The normalized spacial score (nSPS) is 11.5. The summed E-state index contributed by atoms with van der Waals surface area (Å²) in [5, 5.41) is 3.20. The van der Waals surface area contributed by atoms with Gasteiger partial charge in [0, 0.05) is 16.3 Å². The maximum atomic E-state index is 11.4. The molecular formula is C12H19NO2S. The van der Waals surface area contributed by atoms with E-state index in [1.54, 1.807) is 11.3 Å². The zero-order valence-corrected chi connectivity index (χ0v) is 11.1. The van der Waals surface area contributed by atoms with Gasteiger partial charge in [0.05, 0.1) is 7.11 Å². The van der Waals surface area contributed by atoms with Crippen molar-refractivity contribution < 1.29 is 9.53 Å². The molecule has 0 aliphatic carbocycles. The van der Waals surface area contributed by atoms with Crippen LogP contribution in [0.3, 0.4) is 0 Å². The summed E-state index contributed by atoms with van der Waals surface area (Å²) in [6.45, 7) is 6.49. The van der Waals surface area contributed by atoms with Crippen molar-refractivity contribution in [3.63, 3.8) is 0 Å². The summed E-state index contributed by atoms with van der Waals surface area (Å²) in [6.07, 6.45) is 1.06. The van der Waals surface area contributed by atoms with E-state index in [2.05, 4.69) is 24.4 Å². The summed E-state index contributed by atoms with van der Waals surface area (Å²) in [7, 11) is 1.41. The number of rotatable bonds is 5. The molecule has 0 fully saturated rings. The Morgan fingerprint density at radius 3 is 2.56 bits per heavy atom. The van der Waals surface area contributed by atoms with Gasteiger partial charge >= 0.3 is 5.97 Å². The Labute approximate surface area is 101 Å². The number of nitrogens with one attached hydrogen (secondary N) is 1. The summed E-state index contributed by atoms with van der Waals surface area (Å²) in [5.74, 6) is -0.236. The highest BCUT2D eigenvalue weighted by atomic mass is 32.1. The van der Waals surface area contributed by atoms with E-state index in [-0.39, 0.29) is 5.97 Å². The Morgan fingerprint density at radius 2 is 2.06 bits per heavy atom. The van der Waals surface area contributed by atoms with Crippen molar-refractivity contribution in [2.24, 2.45) is 0 Å². The SMILES string of the molecule is CCc1ccc(CNC(C)(C)C(=O)OC)s1. The van der Waals surface area contributed by atoms with Crippen LogP contribution in [0.15, 0.2) is 12.1 Å². The van der Waals surface area contributed by atoms with Gasteiger partial charge in [0.25, 0.3) is 0 Å². The Kier molecular flexibility index (Phi) is 4.50. The number of esters is 1. The van der Waals surface area contributed by atoms with Crippen molar-refractivity contribution in [1.29, 1.82) is 0 Å². The van der Waals surface area contributed by atoms with Crippen LogP contribution in [0, 0.1) is 0 Å². The van der Waals surface area contributed by atoms with Crippen LogP contribution in [0.25, 0.3) is 0 Å². The highest BCUT2D eigenvalue weighted by Crippen LogP contribution is 2.17. The second-order valence-corrected chi connectivity index (χ2v) is 5.44. The van der Waals surface area contributed by atoms with E-state index in [1.807, 2.05) is 13.8 Å². The lowest BCUT2D eigenvalue weighted by atomic mass is 10.1. The molecule has 0 spiro atoms. The quantitative estimate of drug-likeness (QED) is 0.804. The molecule has 0 unspecified atom stereocenters. The van der Waals surface area contributed by atoms with Crippen molar-refractivity contribution in [1.82, 2.24) is 5.32 Å². The fourth-order valence-electron chi connectivity index (χ4n) is 1.34. The van der Waals surface area contributed by atoms with Gasteiger partial charge in [0.15, 0.2) is 0 Å². The highest BCUT2D eigenvalue weighted by molar-refractivity contribution is 7.11. The molecule has 0 radical (unpaired) electrons. The molecule has 1 rings (SSSR count). The molecule has 1 aromatic rings. The first kappa shape index (κ1) is 13.2. The number of carbonyl (C=O) groups excluding carboxylic acids is 1. The number of methoxy groups -OCH3 is 1. The summed E-state index contributed by atoms with van der Waals surface area (Å²) in [5.41, 5.74) is -0.634. The van der Waals surface area contributed by atoms with Gasteiger partial charge in [-0.1, -0.05) is 6.92 Å². The average molecular weight is 241 g/mol. The van der Waals surface area contributed by atoms with Gasteiger partial charge in [-0.25, -0.2) is 0 Å². The second-order valence-electron chi connectivity index (χ2n) is 4.19. The monoisotopic (exact) mass is 241 g/mol. The van der Waals surface area contributed by atoms with E-state index in [4.69, 9.17) is 4.74 Å². The molecule has 0 saturated carbocycles. The fourth-order valence-corrected chi connectivity index (χ4v) is 2.24. The van der Waals surface area contributed by atoms with Gasteiger partial charge in [0.1, 0.15) is 5.54 Å². The molecule has 16 heavy (non-hydrogen) atoms. The van der Waals surface area contributed by atoms with Crippen LogP contribution in [-0.2, 0) is 22.5 Å². The number of hydrogen-bond donors (Lipinski definition) is 1. The maximum absolute atomic E-state index is 11.4. The predicted molar refractivity (Wildman–Crippen MR) is 66.6 cm³/mol. The number of hydrogen-bond acceptors (Lipinski definition) is 4. The molecule has 90 valence electrons. The molecule has 1 N–H and O–H groups in total. The average Bonchev–Trinajstić information content (AvgIpc) is 2.73. The first-order valence-corrected chi connectivity index (χ1v) is 6.22. The van der Waals surface area contributed by atoms with E-state index >= 15 is 0 Å². The van der Waals surface area contributed by atoms with Gasteiger partial charge in [-0.3, -0.25) is 10.1 Å². The molecule has 0 aliphatic heterocycles. The molecule has 0 saturated heterocycles. The molecule has 0 aliphatic rings. The first-order valence-electron chi connectivity index (χ1n) is 5.40. The minimum Gasteiger partial charge on any atom is -0.468 e. The zero-order valence-electron chi connectivity index (χ0n) is 10.3. The Hall–Kier alpha value is -0.870. The lowest BCUT2D eigenvalue weighted by molar-refractivity contribution is -0.147. The summed E-state index contributed by atoms with van der Waals surface area (Å²) >= 11 is 1.78. The smallest absolute Gasteiger partial charge is 0.325 e. The van der Waals surface area contributed by atoms with E-state index in [9.17, 15) is 4.79 Å². The molecule has 3 nitrogen and oxygen atoms in total. The fraction of sp³-hybridized carbons (Fsp3) is 0.583. The molecule has 4 heteroatoms. The number of thiophene rings is 1. The third kappa shape index (κ3) is 3.32. The van der Waals surface area contributed by atoms with Crippen LogP contribution in [0.5, 0.6) is 0 Å². The standard InChI is InChI=1S/C12H19NO2S/c1-5-9-6-7-10(16-9)8-13-12(2,3)11(14)15-4/h6-7,13H,5,8H2,1-4H3. The Bertz CT molecular complexity index is 358. The minimum atomic E-state index is -0.634. The Balaban J connectivity index is 2.53. The second kappa shape index (κ2) is 5.46. The molecule has 0 atom stereocenters. The molecule has 0 amide bonds. The maximum Gasteiger partial charge on any atom is 0.325 e. The topological polar surface area (TPSA) is 38.3 Å². The van der Waals surface area contributed by atoms with Crippen molar-refractivity contribution >= 4 is 17.3 Å². The van der Waals surface area contributed by atoms with Crippen LogP contribution >= 0.6 is 11.3 Å². The molecule has 0 bridgehead atoms. The molecule has 0 aromatic carbocycles. The van der Waals surface area contributed by atoms with Gasteiger partial charge < -0.3 is 4.74 Å². The van der Waals surface area contributed by atoms with Crippen LogP contribution in [-0.4, -0.2) is 18.6 Å². The van der Waals surface area contributed by atoms with Crippen LogP contribution < -0.4 is 5.32 Å².